The van der Waals surface area contributed by atoms with Crippen LogP contribution in [0.1, 0.15) is 35.7 Å². The van der Waals surface area contributed by atoms with Gasteiger partial charge >= 0.3 is 0 Å². The van der Waals surface area contributed by atoms with Crippen molar-refractivity contribution in [2.75, 3.05) is 19.0 Å². The number of hydrogen-bond donors (Lipinski definition) is 0. The number of nitrogens with zero attached hydrogens (tertiary/aromatic N) is 1. The number of hydrogen-bond acceptors (Lipinski definition) is 3. The molecule has 0 fully saturated rings. The second-order valence-electron chi connectivity index (χ2n) is 5.55. The van der Waals surface area contributed by atoms with Crippen molar-refractivity contribution in [2.24, 2.45) is 0 Å². The number of ketones is 1. The van der Waals surface area contributed by atoms with Crippen LogP contribution >= 0.6 is 11.8 Å². The van der Waals surface area contributed by atoms with Crippen LogP contribution < -0.4 is 4.90 Å². The van der Waals surface area contributed by atoms with Crippen molar-refractivity contribution >= 4 is 23.2 Å². The summed E-state index contributed by atoms with van der Waals surface area (Å²) in [6, 6.07) is 16.6. The number of carbonyl (C=O) groups excluding carboxylic acids is 1. The maximum absolute atomic E-state index is 11.8. The maximum atomic E-state index is 11.8. The van der Waals surface area contributed by atoms with Gasteiger partial charge in [-0.2, -0.15) is 0 Å². The van der Waals surface area contributed by atoms with Crippen LogP contribution in [-0.4, -0.2) is 19.9 Å². The maximum Gasteiger partial charge on any atom is 0.162 e. The van der Waals surface area contributed by atoms with Crippen LogP contribution in [0.5, 0.6) is 0 Å². The predicted octanol–water partition coefficient (Wildman–Crippen LogP) is 5.03. The molecule has 0 spiro atoms. The number of anilines is 1. The zero-order chi connectivity index (χ0) is 15.9. The van der Waals surface area contributed by atoms with Gasteiger partial charge in [0.2, 0.25) is 0 Å². The first-order valence-corrected chi connectivity index (χ1v) is 8.61. The molecular formula is C19H23NOS. The van der Waals surface area contributed by atoms with Crippen molar-refractivity contribution in [2.45, 2.75) is 30.4 Å². The van der Waals surface area contributed by atoms with Gasteiger partial charge in [-0.25, -0.2) is 0 Å². The van der Waals surface area contributed by atoms with Gasteiger partial charge in [0.05, 0.1) is 0 Å². The average Bonchev–Trinajstić information content (AvgIpc) is 2.54. The molecule has 22 heavy (non-hydrogen) atoms. The smallest absolute Gasteiger partial charge is 0.162 e. The number of benzene rings is 2. The van der Waals surface area contributed by atoms with Gasteiger partial charge in [-0.3, -0.25) is 4.79 Å². The molecule has 0 aliphatic rings. The minimum atomic E-state index is 0.235. The predicted molar refractivity (Wildman–Crippen MR) is 96.0 cm³/mol. The summed E-state index contributed by atoms with van der Waals surface area (Å²) in [5.74, 6) is 1.17. The van der Waals surface area contributed by atoms with Gasteiger partial charge in [-0.1, -0.05) is 31.2 Å². The molecule has 2 nitrogen and oxygen atoms in total. The Bertz CT molecular complexity index is 602. The van der Waals surface area contributed by atoms with Crippen LogP contribution in [0.25, 0.3) is 0 Å². The average molecular weight is 313 g/mol. The second-order valence-corrected chi connectivity index (χ2v) is 6.60. The molecule has 0 saturated heterocycles. The lowest BCUT2D eigenvalue weighted by Gasteiger charge is -2.12. The fourth-order valence-electron chi connectivity index (χ4n) is 2.17. The summed E-state index contributed by atoms with van der Waals surface area (Å²) in [5, 5.41) is 0. The van der Waals surface area contributed by atoms with E-state index in [4.69, 9.17) is 0 Å². The molecule has 0 atom stereocenters. The molecule has 0 radical (unpaired) electrons. The summed E-state index contributed by atoms with van der Waals surface area (Å²) in [4.78, 5) is 15.1. The molecule has 116 valence electrons. The van der Waals surface area contributed by atoms with Crippen LogP contribution in [0.4, 0.5) is 5.69 Å². The van der Waals surface area contributed by atoms with E-state index in [0.717, 1.165) is 17.7 Å². The van der Waals surface area contributed by atoms with E-state index in [0.29, 0.717) is 6.42 Å². The lowest BCUT2D eigenvalue weighted by molar-refractivity contribution is 0.0981. The van der Waals surface area contributed by atoms with Gasteiger partial charge in [-0.15, -0.1) is 11.8 Å². The summed E-state index contributed by atoms with van der Waals surface area (Å²) in [6.07, 6.45) is 1.53. The number of rotatable bonds is 7. The van der Waals surface area contributed by atoms with E-state index in [9.17, 15) is 4.79 Å². The Balaban J connectivity index is 1.92. The van der Waals surface area contributed by atoms with E-state index in [1.54, 1.807) is 11.8 Å². The summed E-state index contributed by atoms with van der Waals surface area (Å²) in [5.41, 5.74) is 3.34. The largest absolute Gasteiger partial charge is 0.378 e. The van der Waals surface area contributed by atoms with E-state index in [1.165, 1.54) is 16.1 Å². The zero-order valence-corrected chi connectivity index (χ0v) is 14.3. The normalized spacial score (nSPS) is 10.5. The molecular weight excluding hydrogens is 290 g/mol. The number of Topliss-reactive ketones (excluding diaryl/α,β-unsaturated/α-hetero) is 1. The highest BCUT2D eigenvalue weighted by atomic mass is 32.2. The second kappa shape index (κ2) is 8.04. The highest BCUT2D eigenvalue weighted by Gasteiger charge is 2.04. The van der Waals surface area contributed by atoms with Crippen molar-refractivity contribution in [3.63, 3.8) is 0 Å². The quantitative estimate of drug-likeness (QED) is 0.528. The van der Waals surface area contributed by atoms with Gasteiger partial charge in [0.15, 0.2) is 5.78 Å². The van der Waals surface area contributed by atoms with Crippen molar-refractivity contribution in [1.29, 1.82) is 0 Å². The Morgan fingerprint density at radius 1 is 1.00 bits per heavy atom. The van der Waals surface area contributed by atoms with Crippen LogP contribution in [-0.2, 0) is 5.75 Å². The van der Waals surface area contributed by atoms with Crippen LogP contribution in [0.2, 0.25) is 0 Å². The SMILES string of the molecule is CCCC(=O)c1ccc(SCc2ccc(N(C)C)cc2)cc1. The van der Waals surface area contributed by atoms with Crippen molar-refractivity contribution in [3.8, 4) is 0 Å². The summed E-state index contributed by atoms with van der Waals surface area (Å²) >= 11 is 1.80. The highest BCUT2D eigenvalue weighted by molar-refractivity contribution is 7.98. The topological polar surface area (TPSA) is 20.3 Å². The highest BCUT2D eigenvalue weighted by Crippen LogP contribution is 2.24. The van der Waals surface area contributed by atoms with Gasteiger partial charge in [-0.05, 0) is 36.2 Å². The minimum absolute atomic E-state index is 0.235. The monoisotopic (exact) mass is 313 g/mol. The first kappa shape index (κ1) is 16.6. The standard InChI is InChI=1S/C19H23NOS/c1-4-5-19(21)16-8-12-18(13-9-16)22-14-15-6-10-17(11-7-15)20(2)3/h6-13H,4-5,14H2,1-3H3. The van der Waals surface area contributed by atoms with E-state index in [2.05, 4.69) is 29.2 Å². The molecule has 0 N–H and O–H groups in total. The summed E-state index contributed by atoms with van der Waals surface area (Å²) < 4.78 is 0. The third kappa shape index (κ3) is 4.63. The first-order valence-electron chi connectivity index (χ1n) is 7.62. The molecule has 0 aliphatic heterocycles. The Kier molecular flexibility index (Phi) is 6.08. The first-order chi connectivity index (χ1) is 10.6. The molecule has 2 rings (SSSR count). The molecule has 3 heteroatoms. The van der Waals surface area contributed by atoms with E-state index in [1.807, 2.05) is 45.3 Å². The van der Waals surface area contributed by atoms with Crippen LogP contribution in [0, 0.1) is 0 Å². The molecule has 2 aromatic carbocycles. The lowest BCUT2D eigenvalue weighted by atomic mass is 10.1. The van der Waals surface area contributed by atoms with Crippen LogP contribution in [0.15, 0.2) is 53.4 Å². The van der Waals surface area contributed by atoms with Crippen LogP contribution in [0.3, 0.4) is 0 Å². The van der Waals surface area contributed by atoms with Crippen molar-refractivity contribution in [3.05, 3.63) is 59.7 Å². The molecule has 0 aromatic heterocycles. The van der Waals surface area contributed by atoms with Gasteiger partial charge in [0.1, 0.15) is 0 Å². The van der Waals surface area contributed by atoms with E-state index in [-0.39, 0.29) is 5.78 Å². The Hall–Kier alpha value is -1.74. The molecule has 0 heterocycles. The Morgan fingerprint density at radius 2 is 1.64 bits per heavy atom. The lowest BCUT2D eigenvalue weighted by Crippen LogP contribution is -2.08. The molecule has 0 unspecified atom stereocenters. The molecule has 0 amide bonds. The third-order valence-corrected chi connectivity index (χ3v) is 4.59. The minimum Gasteiger partial charge on any atom is -0.378 e. The molecule has 2 aromatic rings. The summed E-state index contributed by atoms with van der Waals surface area (Å²) in [6.45, 7) is 2.03. The van der Waals surface area contributed by atoms with Crippen molar-refractivity contribution in [1.82, 2.24) is 0 Å². The number of thioether (sulfide) groups is 1. The fraction of sp³-hybridized carbons (Fsp3) is 0.316. The fourth-order valence-corrected chi connectivity index (χ4v) is 3.02. The zero-order valence-electron chi connectivity index (χ0n) is 13.5. The number of carbonyl (C=O) groups is 1. The van der Waals surface area contributed by atoms with E-state index < -0.39 is 0 Å². The van der Waals surface area contributed by atoms with Crippen molar-refractivity contribution < 1.29 is 4.79 Å². The Labute approximate surface area is 137 Å². The molecule has 0 aliphatic carbocycles. The summed E-state index contributed by atoms with van der Waals surface area (Å²) in [7, 11) is 4.09. The Morgan fingerprint density at radius 3 is 2.18 bits per heavy atom. The third-order valence-electron chi connectivity index (χ3n) is 3.51. The van der Waals surface area contributed by atoms with E-state index >= 15 is 0 Å². The molecule has 0 bridgehead atoms. The molecule has 0 saturated carbocycles. The van der Waals surface area contributed by atoms with Gasteiger partial charge < -0.3 is 4.90 Å². The van der Waals surface area contributed by atoms with Gasteiger partial charge in [0.25, 0.3) is 0 Å². The van der Waals surface area contributed by atoms with Gasteiger partial charge in [0, 0.05) is 42.4 Å².